The van der Waals surface area contributed by atoms with Crippen LogP contribution in [0.15, 0.2) is 60.7 Å². The Labute approximate surface area is 134 Å². The predicted molar refractivity (Wildman–Crippen MR) is 91.9 cm³/mol. The molecule has 0 saturated carbocycles. The van der Waals surface area contributed by atoms with Crippen molar-refractivity contribution in [3.63, 3.8) is 0 Å². The zero-order valence-electron chi connectivity index (χ0n) is 9.99. The molecule has 0 nitrogen and oxygen atoms in total. The SMILES string of the molecule is Cl[Si](Cl)(C[Si](Cl)(Cl)c1ccccc1)c1ccccc1. The topological polar surface area (TPSA) is 0 Å². The van der Waals surface area contributed by atoms with Gasteiger partial charge in [0.1, 0.15) is 0 Å². The average molecular weight is 366 g/mol. The number of rotatable bonds is 4. The molecule has 0 spiro atoms. The molecule has 0 aliphatic rings. The van der Waals surface area contributed by atoms with Gasteiger partial charge in [-0.15, -0.1) is 44.3 Å². The van der Waals surface area contributed by atoms with Crippen LogP contribution in [0.1, 0.15) is 0 Å². The van der Waals surface area contributed by atoms with Crippen LogP contribution in [0.25, 0.3) is 0 Å². The Kier molecular flexibility index (Phi) is 5.04. The van der Waals surface area contributed by atoms with E-state index in [0.717, 1.165) is 10.4 Å². The zero-order chi connectivity index (χ0) is 13.9. The molecule has 0 aliphatic heterocycles. The third kappa shape index (κ3) is 4.00. The fraction of sp³-hybridized carbons (Fsp3) is 0.0769. The highest BCUT2D eigenvalue weighted by Gasteiger charge is 2.44. The molecule has 2 aromatic rings. The minimum atomic E-state index is -2.66. The number of hydrogen-bond acceptors (Lipinski definition) is 0. The lowest BCUT2D eigenvalue weighted by atomic mass is 10.4. The monoisotopic (exact) mass is 364 g/mol. The molecule has 6 heteroatoms. The van der Waals surface area contributed by atoms with Crippen molar-refractivity contribution in [2.45, 2.75) is 5.67 Å². The van der Waals surface area contributed by atoms with Crippen molar-refractivity contribution < 1.29 is 0 Å². The van der Waals surface area contributed by atoms with E-state index in [1.165, 1.54) is 0 Å². The summed E-state index contributed by atoms with van der Waals surface area (Å²) in [7, 11) is 0. The van der Waals surface area contributed by atoms with Gasteiger partial charge in [-0.2, -0.15) is 0 Å². The van der Waals surface area contributed by atoms with E-state index in [0.29, 0.717) is 5.67 Å². The normalized spacial score (nSPS) is 12.4. The van der Waals surface area contributed by atoms with Gasteiger partial charge in [-0.25, -0.2) is 0 Å². The van der Waals surface area contributed by atoms with Crippen molar-refractivity contribution in [2.75, 3.05) is 0 Å². The molecule has 0 amide bonds. The van der Waals surface area contributed by atoms with Crippen LogP contribution in [0.3, 0.4) is 0 Å². The van der Waals surface area contributed by atoms with Crippen LogP contribution >= 0.6 is 44.3 Å². The van der Waals surface area contributed by atoms with Gasteiger partial charge in [-0.05, 0) is 16.0 Å². The Hall–Kier alpha value is 0.0338. The first-order chi connectivity index (χ1) is 8.92. The van der Waals surface area contributed by atoms with Gasteiger partial charge in [0.15, 0.2) is 0 Å². The van der Waals surface area contributed by atoms with Crippen molar-refractivity contribution in [2.24, 2.45) is 0 Å². The summed E-state index contributed by atoms with van der Waals surface area (Å²) in [6.07, 6.45) is 0. The lowest BCUT2D eigenvalue weighted by Crippen LogP contribution is -2.48. The predicted octanol–water partition coefficient (Wildman–Crippen LogP) is 4.18. The van der Waals surface area contributed by atoms with Crippen molar-refractivity contribution >= 4 is 68.1 Å². The van der Waals surface area contributed by atoms with Crippen LogP contribution in [-0.4, -0.2) is 13.4 Å². The summed E-state index contributed by atoms with van der Waals surface area (Å²) < 4.78 is 0. The average Bonchev–Trinajstić information content (AvgIpc) is 2.40. The highest BCUT2D eigenvalue weighted by atomic mass is 35.7. The lowest BCUT2D eigenvalue weighted by molar-refractivity contribution is 1.72. The van der Waals surface area contributed by atoms with Crippen LogP contribution in [0, 0.1) is 0 Å². The molecule has 0 radical (unpaired) electrons. The molecule has 0 bridgehead atoms. The van der Waals surface area contributed by atoms with E-state index in [1.807, 2.05) is 60.7 Å². The van der Waals surface area contributed by atoms with Crippen molar-refractivity contribution in [3.8, 4) is 0 Å². The molecule has 0 fully saturated rings. The summed E-state index contributed by atoms with van der Waals surface area (Å²) in [6, 6.07) is 19.3. The second-order valence-electron chi connectivity index (χ2n) is 4.32. The molecule has 100 valence electrons. The maximum Gasteiger partial charge on any atom is 0.280 e. The quantitative estimate of drug-likeness (QED) is 0.563. The van der Waals surface area contributed by atoms with E-state index in [9.17, 15) is 0 Å². The fourth-order valence-electron chi connectivity index (χ4n) is 1.85. The molecule has 0 aromatic heterocycles. The highest BCUT2D eigenvalue weighted by Crippen LogP contribution is 2.31. The van der Waals surface area contributed by atoms with E-state index in [1.54, 1.807) is 0 Å². The Morgan fingerprint density at radius 3 is 1.21 bits per heavy atom. The number of halogens is 4. The molecule has 2 aromatic carbocycles. The standard InChI is InChI=1S/C13H12Cl4Si2/c14-18(15,12-7-3-1-4-8-12)11-19(16,17)13-9-5-2-6-10-13/h1-10H,11H2. The third-order valence-corrected chi connectivity index (χ3v) is 16.2. The smallest absolute Gasteiger partial charge is 0.140 e. The van der Waals surface area contributed by atoms with Gasteiger partial charge in [0, 0.05) is 0 Å². The van der Waals surface area contributed by atoms with Gasteiger partial charge in [0.05, 0.1) is 0 Å². The largest absolute Gasteiger partial charge is 0.280 e. The maximum absolute atomic E-state index is 6.57. The molecule has 0 heterocycles. The van der Waals surface area contributed by atoms with Crippen LogP contribution in [0.2, 0.25) is 5.67 Å². The van der Waals surface area contributed by atoms with Gasteiger partial charge in [0.25, 0.3) is 13.4 Å². The molecular formula is C13H12Cl4Si2. The first-order valence-corrected chi connectivity index (χ1v) is 14.2. The second-order valence-corrected chi connectivity index (χ2v) is 18.6. The van der Waals surface area contributed by atoms with Gasteiger partial charge >= 0.3 is 0 Å². The summed E-state index contributed by atoms with van der Waals surface area (Å²) in [5.74, 6) is 0. The second kappa shape index (κ2) is 6.21. The summed E-state index contributed by atoms with van der Waals surface area (Å²) in [6.45, 7) is -5.31. The van der Waals surface area contributed by atoms with Crippen LogP contribution in [0.4, 0.5) is 0 Å². The molecule has 0 N–H and O–H groups in total. The molecule has 19 heavy (non-hydrogen) atoms. The molecule has 0 atom stereocenters. The summed E-state index contributed by atoms with van der Waals surface area (Å²) in [5, 5.41) is 1.90. The Balaban J connectivity index is 2.25. The van der Waals surface area contributed by atoms with E-state index in [-0.39, 0.29) is 0 Å². The first kappa shape index (κ1) is 15.4. The van der Waals surface area contributed by atoms with E-state index < -0.39 is 13.4 Å². The minimum absolute atomic E-state index is 0.472. The molecule has 0 unspecified atom stereocenters. The number of benzene rings is 2. The van der Waals surface area contributed by atoms with Crippen LogP contribution in [0.5, 0.6) is 0 Å². The van der Waals surface area contributed by atoms with Crippen molar-refractivity contribution in [1.82, 2.24) is 0 Å². The first-order valence-electron chi connectivity index (χ1n) is 5.78. The summed E-state index contributed by atoms with van der Waals surface area (Å²) in [5.41, 5.74) is 0.472. The fourth-order valence-corrected chi connectivity index (χ4v) is 18.3. The number of hydrogen-bond donors (Lipinski definition) is 0. The molecule has 2 rings (SSSR count). The highest BCUT2D eigenvalue weighted by molar-refractivity contribution is 7.61. The third-order valence-electron chi connectivity index (χ3n) is 2.84. The van der Waals surface area contributed by atoms with Crippen LogP contribution in [-0.2, 0) is 0 Å². The van der Waals surface area contributed by atoms with E-state index in [4.69, 9.17) is 44.3 Å². The molecule has 0 saturated heterocycles. The summed E-state index contributed by atoms with van der Waals surface area (Å²) >= 11 is 26.3. The lowest BCUT2D eigenvalue weighted by Gasteiger charge is -2.24. The molecular weight excluding hydrogens is 354 g/mol. The Morgan fingerprint density at radius 1 is 0.579 bits per heavy atom. The zero-order valence-corrected chi connectivity index (χ0v) is 15.0. The maximum atomic E-state index is 6.57. The van der Waals surface area contributed by atoms with Crippen LogP contribution < -0.4 is 10.4 Å². The van der Waals surface area contributed by atoms with Gasteiger partial charge < -0.3 is 0 Å². The van der Waals surface area contributed by atoms with Crippen molar-refractivity contribution in [1.29, 1.82) is 0 Å². The van der Waals surface area contributed by atoms with Gasteiger partial charge in [0.2, 0.25) is 0 Å². The molecule has 0 aliphatic carbocycles. The van der Waals surface area contributed by atoms with Gasteiger partial charge in [-0.1, -0.05) is 60.7 Å². The van der Waals surface area contributed by atoms with E-state index in [2.05, 4.69) is 0 Å². The summed E-state index contributed by atoms with van der Waals surface area (Å²) in [4.78, 5) is 0. The van der Waals surface area contributed by atoms with Gasteiger partial charge in [-0.3, -0.25) is 0 Å². The van der Waals surface area contributed by atoms with E-state index >= 15 is 0 Å². The van der Waals surface area contributed by atoms with Crippen molar-refractivity contribution in [3.05, 3.63) is 60.7 Å². The Bertz CT molecular complexity index is 479. The minimum Gasteiger partial charge on any atom is -0.140 e. The Morgan fingerprint density at radius 2 is 0.895 bits per heavy atom.